The summed E-state index contributed by atoms with van der Waals surface area (Å²) in [6.45, 7) is 6.83. The van der Waals surface area contributed by atoms with Gasteiger partial charge in [0.05, 0.1) is 12.7 Å². The van der Waals surface area contributed by atoms with Crippen molar-refractivity contribution in [3.63, 3.8) is 0 Å². The molecule has 102 valence electrons. The van der Waals surface area contributed by atoms with Crippen LogP contribution in [-0.2, 0) is 0 Å². The second-order valence-corrected chi connectivity index (χ2v) is 5.41. The summed E-state index contributed by atoms with van der Waals surface area (Å²) in [5.41, 5.74) is 0.863. The highest BCUT2D eigenvalue weighted by Gasteiger charge is 2.13. The van der Waals surface area contributed by atoms with Gasteiger partial charge in [0.2, 0.25) is 0 Å². The quantitative estimate of drug-likeness (QED) is 0.865. The van der Waals surface area contributed by atoms with E-state index in [1.807, 2.05) is 30.3 Å². The highest BCUT2D eigenvalue weighted by molar-refractivity contribution is 5.89. The molecule has 0 spiro atoms. The number of fused-ring (bicyclic) bond motifs is 1. The van der Waals surface area contributed by atoms with Gasteiger partial charge in [0.25, 0.3) is 0 Å². The van der Waals surface area contributed by atoms with Crippen LogP contribution in [0.1, 0.15) is 38.9 Å². The van der Waals surface area contributed by atoms with E-state index in [-0.39, 0.29) is 0 Å². The lowest BCUT2D eigenvalue weighted by atomic mass is 10.0. The van der Waals surface area contributed by atoms with Gasteiger partial charge in [-0.05, 0) is 24.6 Å². The number of aliphatic hydroxyl groups excluding tert-OH is 1. The first-order chi connectivity index (χ1) is 9.09. The van der Waals surface area contributed by atoms with Crippen LogP contribution in [0.5, 0.6) is 5.75 Å². The van der Waals surface area contributed by atoms with Crippen molar-refractivity contribution < 1.29 is 9.84 Å². The van der Waals surface area contributed by atoms with E-state index in [1.165, 1.54) is 0 Å². The summed E-state index contributed by atoms with van der Waals surface area (Å²) in [6, 6.07) is 12.1. The van der Waals surface area contributed by atoms with Crippen LogP contribution in [-0.4, -0.2) is 11.7 Å². The second kappa shape index (κ2) is 6.07. The molecule has 0 fully saturated rings. The first-order valence-electron chi connectivity index (χ1n) is 6.92. The standard InChI is InChI=1S/C17H22O2/c1-12(2)10-11-19-17-15(13(3)18)9-8-14-6-4-5-7-16(14)17/h4-9,12-13,18H,10-11H2,1-3H3/t13-/m0/s1. The molecule has 2 heteroatoms. The molecular weight excluding hydrogens is 236 g/mol. The highest BCUT2D eigenvalue weighted by Crippen LogP contribution is 2.33. The van der Waals surface area contributed by atoms with Gasteiger partial charge >= 0.3 is 0 Å². The lowest BCUT2D eigenvalue weighted by Crippen LogP contribution is -2.05. The molecule has 1 N–H and O–H groups in total. The number of hydrogen-bond acceptors (Lipinski definition) is 2. The molecule has 0 aliphatic heterocycles. The number of hydrogen-bond donors (Lipinski definition) is 1. The Bertz CT molecular complexity index is 544. The molecule has 2 aromatic carbocycles. The summed E-state index contributed by atoms with van der Waals surface area (Å²) in [6.07, 6.45) is 0.501. The maximum Gasteiger partial charge on any atom is 0.132 e. The Balaban J connectivity index is 2.38. The van der Waals surface area contributed by atoms with Gasteiger partial charge in [0, 0.05) is 10.9 Å². The van der Waals surface area contributed by atoms with Crippen LogP contribution in [0.4, 0.5) is 0 Å². The maximum absolute atomic E-state index is 9.89. The van der Waals surface area contributed by atoms with Crippen molar-refractivity contribution in [1.82, 2.24) is 0 Å². The van der Waals surface area contributed by atoms with E-state index in [4.69, 9.17) is 4.74 Å². The lowest BCUT2D eigenvalue weighted by molar-refractivity contribution is 0.190. The van der Waals surface area contributed by atoms with Crippen molar-refractivity contribution >= 4 is 10.8 Å². The number of rotatable bonds is 5. The molecule has 0 heterocycles. The molecule has 2 rings (SSSR count). The predicted octanol–water partition coefficient (Wildman–Crippen LogP) is 4.32. The normalized spacial score (nSPS) is 12.9. The smallest absolute Gasteiger partial charge is 0.132 e. The van der Waals surface area contributed by atoms with E-state index in [9.17, 15) is 5.11 Å². The van der Waals surface area contributed by atoms with Crippen molar-refractivity contribution in [2.24, 2.45) is 5.92 Å². The second-order valence-electron chi connectivity index (χ2n) is 5.41. The van der Waals surface area contributed by atoms with Gasteiger partial charge in [-0.2, -0.15) is 0 Å². The Morgan fingerprint density at radius 1 is 1.05 bits per heavy atom. The Hall–Kier alpha value is -1.54. The van der Waals surface area contributed by atoms with Crippen LogP contribution in [0.25, 0.3) is 10.8 Å². The minimum atomic E-state index is -0.515. The first-order valence-corrected chi connectivity index (χ1v) is 6.92. The largest absolute Gasteiger partial charge is 0.493 e. The van der Waals surface area contributed by atoms with E-state index in [0.29, 0.717) is 12.5 Å². The van der Waals surface area contributed by atoms with E-state index in [2.05, 4.69) is 19.9 Å². The third-order valence-corrected chi connectivity index (χ3v) is 3.30. The van der Waals surface area contributed by atoms with Crippen LogP contribution in [0.15, 0.2) is 36.4 Å². The SMILES string of the molecule is CC(C)CCOc1c([C@H](C)O)ccc2ccccc12. The summed E-state index contributed by atoms with van der Waals surface area (Å²) in [7, 11) is 0. The molecule has 0 aliphatic rings. The molecular formula is C17H22O2. The summed E-state index contributed by atoms with van der Waals surface area (Å²) >= 11 is 0. The van der Waals surface area contributed by atoms with Gasteiger partial charge < -0.3 is 9.84 Å². The van der Waals surface area contributed by atoms with Crippen LogP contribution < -0.4 is 4.74 Å². The Morgan fingerprint density at radius 2 is 1.79 bits per heavy atom. The predicted molar refractivity (Wildman–Crippen MR) is 79.5 cm³/mol. The minimum Gasteiger partial charge on any atom is -0.493 e. The van der Waals surface area contributed by atoms with E-state index < -0.39 is 6.10 Å². The Morgan fingerprint density at radius 3 is 2.47 bits per heavy atom. The van der Waals surface area contributed by atoms with Crippen molar-refractivity contribution in [3.05, 3.63) is 42.0 Å². The molecule has 0 aliphatic carbocycles. The Kier molecular flexibility index (Phi) is 4.43. The van der Waals surface area contributed by atoms with Gasteiger partial charge in [-0.15, -0.1) is 0 Å². The number of aliphatic hydroxyl groups is 1. The lowest BCUT2D eigenvalue weighted by Gasteiger charge is -2.16. The molecule has 0 saturated carbocycles. The van der Waals surface area contributed by atoms with Crippen molar-refractivity contribution in [1.29, 1.82) is 0 Å². The van der Waals surface area contributed by atoms with Gasteiger partial charge in [-0.25, -0.2) is 0 Å². The number of benzene rings is 2. The van der Waals surface area contributed by atoms with Gasteiger partial charge in [0.15, 0.2) is 0 Å². The molecule has 0 aromatic heterocycles. The summed E-state index contributed by atoms with van der Waals surface area (Å²) in [5, 5.41) is 12.1. The minimum absolute atomic E-state index is 0.515. The van der Waals surface area contributed by atoms with Crippen molar-refractivity contribution in [2.75, 3.05) is 6.61 Å². The van der Waals surface area contributed by atoms with Gasteiger partial charge in [0.1, 0.15) is 5.75 Å². The fourth-order valence-electron chi connectivity index (χ4n) is 2.15. The molecule has 19 heavy (non-hydrogen) atoms. The molecule has 2 aromatic rings. The van der Waals surface area contributed by atoms with Crippen LogP contribution in [0.3, 0.4) is 0 Å². The third-order valence-electron chi connectivity index (χ3n) is 3.30. The van der Waals surface area contributed by atoms with Gasteiger partial charge in [-0.1, -0.05) is 50.2 Å². The van der Waals surface area contributed by atoms with Crippen LogP contribution in [0.2, 0.25) is 0 Å². The fourth-order valence-corrected chi connectivity index (χ4v) is 2.15. The maximum atomic E-state index is 9.89. The zero-order chi connectivity index (χ0) is 13.8. The zero-order valence-corrected chi connectivity index (χ0v) is 11.9. The highest BCUT2D eigenvalue weighted by atomic mass is 16.5. The monoisotopic (exact) mass is 258 g/mol. The van der Waals surface area contributed by atoms with E-state index >= 15 is 0 Å². The van der Waals surface area contributed by atoms with Gasteiger partial charge in [-0.3, -0.25) is 0 Å². The zero-order valence-electron chi connectivity index (χ0n) is 11.9. The molecule has 2 nitrogen and oxygen atoms in total. The van der Waals surface area contributed by atoms with Crippen LogP contribution in [0, 0.1) is 5.92 Å². The molecule has 0 unspecified atom stereocenters. The van der Waals surface area contributed by atoms with Crippen molar-refractivity contribution in [2.45, 2.75) is 33.3 Å². The average molecular weight is 258 g/mol. The molecule has 0 amide bonds. The third kappa shape index (κ3) is 3.27. The number of ether oxygens (including phenoxy) is 1. The fraction of sp³-hybridized carbons (Fsp3) is 0.412. The summed E-state index contributed by atoms with van der Waals surface area (Å²) in [4.78, 5) is 0. The summed E-state index contributed by atoms with van der Waals surface area (Å²) < 4.78 is 5.96. The molecule has 0 bridgehead atoms. The molecule has 1 atom stereocenters. The van der Waals surface area contributed by atoms with E-state index in [0.717, 1.165) is 28.5 Å². The van der Waals surface area contributed by atoms with Crippen LogP contribution >= 0.6 is 0 Å². The summed E-state index contributed by atoms with van der Waals surface area (Å²) in [5.74, 6) is 1.44. The van der Waals surface area contributed by atoms with E-state index in [1.54, 1.807) is 6.92 Å². The average Bonchev–Trinajstić information content (AvgIpc) is 2.38. The molecule has 0 saturated heterocycles. The van der Waals surface area contributed by atoms with Crippen molar-refractivity contribution in [3.8, 4) is 5.75 Å². The Labute approximate surface area is 115 Å². The topological polar surface area (TPSA) is 29.5 Å². The first kappa shape index (κ1) is 13.9. The molecule has 0 radical (unpaired) electrons.